The number of hydrogen-bond acceptors (Lipinski definition) is 3. The van der Waals surface area contributed by atoms with Gasteiger partial charge in [0.15, 0.2) is 0 Å². The minimum Gasteiger partial charge on any atom is -0.435 e. The van der Waals surface area contributed by atoms with Crippen LogP contribution in [-0.4, -0.2) is 24.2 Å². The van der Waals surface area contributed by atoms with Gasteiger partial charge in [-0.05, 0) is 42.2 Å². The molecule has 0 aliphatic heterocycles. The lowest BCUT2D eigenvalue weighted by molar-refractivity contribution is -0.121. The van der Waals surface area contributed by atoms with Crippen LogP contribution < -0.4 is 10.1 Å². The fraction of sp³-hybridized carbons (Fsp3) is 0.316. The van der Waals surface area contributed by atoms with Gasteiger partial charge in [-0.3, -0.25) is 4.79 Å². The fourth-order valence-corrected chi connectivity index (χ4v) is 2.46. The number of carbonyl (C=O) groups is 1. The van der Waals surface area contributed by atoms with Crippen molar-refractivity contribution in [3.05, 3.63) is 65.2 Å². The van der Waals surface area contributed by atoms with Gasteiger partial charge in [0, 0.05) is 13.0 Å². The Morgan fingerprint density at radius 2 is 1.84 bits per heavy atom. The predicted octanol–water partition coefficient (Wildman–Crippen LogP) is 3.38. The summed E-state index contributed by atoms with van der Waals surface area (Å²) in [6.07, 6.45) is -0.0347. The maximum atomic E-state index is 12.1. The second-order valence-corrected chi connectivity index (χ2v) is 5.70. The van der Waals surface area contributed by atoms with Crippen LogP contribution in [0.4, 0.5) is 8.78 Å². The fourth-order valence-electron chi connectivity index (χ4n) is 2.46. The average molecular weight is 349 g/mol. The molecule has 0 radical (unpaired) electrons. The van der Waals surface area contributed by atoms with E-state index in [0.717, 1.165) is 16.7 Å². The first-order valence-electron chi connectivity index (χ1n) is 7.99. The SMILES string of the molecule is Cc1ccccc1C(O)CNC(=O)CCc1ccc(OC(F)F)cc1. The molecule has 0 aliphatic rings. The molecule has 1 unspecified atom stereocenters. The molecule has 0 heterocycles. The third-order valence-electron chi connectivity index (χ3n) is 3.83. The van der Waals surface area contributed by atoms with E-state index in [1.807, 2.05) is 31.2 Å². The van der Waals surface area contributed by atoms with E-state index >= 15 is 0 Å². The molecular weight excluding hydrogens is 328 g/mol. The lowest BCUT2D eigenvalue weighted by Gasteiger charge is -2.14. The smallest absolute Gasteiger partial charge is 0.387 e. The molecule has 25 heavy (non-hydrogen) atoms. The van der Waals surface area contributed by atoms with Crippen LogP contribution in [0, 0.1) is 6.92 Å². The van der Waals surface area contributed by atoms with Gasteiger partial charge in [0.05, 0.1) is 6.10 Å². The maximum Gasteiger partial charge on any atom is 0.387 e. The molecule has 4 nitrogen and oxygen atoms in total. The predicted molar refractivity (Wildman–Crippen MR) is 90.5 cm³/mol. The van der Waals surface area contributed by atoms with Gasteiger partial charge < -0.3 is 15.2 Å². The van der Waals surface area contributed by atoms with Crippen molar-refractivity contribution in [1.29, 1.82) is 0 Å². The summed E-state index contributed by atoms with van der Waals surface area (Å²) in [5.74, 6) is -0.0925. The third-order valence-corrected chi connectivity index (χ3v) is 3.83. The first-order valence-corrected chi connectivity index (χ1v) is 7.99. The number of carbonyl (C=O) groups excluding carboxylic acids is 1. The monoisotopic (exact) mass is 349 g/mol. The number of amides is 1. The molecule has 0 bridgehead atoms. The zero-order valence-corrected chi connectivity index (χ0v) is 13.9. The zero-order chi connectivity index (χ0) is 18.2. The van der Waals surface area contributed by atoms with Gasteiger partial charge in [0.25, 0.3) is 0 Å². The van der Waals surface area contributed by atoms with Gasteiger partial charge in [-0.15, -0.1) is 0 Å². The van der Waals surface area contributed by atoms with Gasteiger partial charge in [-0.25, -0.2) is 0 Å². The Balaban J connectivity index is 1.76. The molecule has 1 atom stereocenters. The Labute approximate surface area is 145 Å². The zero-order valence-electron chi connectivity index (χ0n) is 13.9. The summed E-state index contributed by atoms with van der Waals surface area (Å²) < 4.78 is 28.4. The molecule has 0 aliphatic carbocycles. The van der Waals surface area contributed by atoms with E-state index in [2.05, 4.69) is 10.1 Å². The minimum atomic E-state index is -2.85. The highest BCUT2D eigenvalue weighted by atomic mass is 19.3. The number of alkyl halides is 2. The molecule has 2 aromatic rings. The van der Waals surface area contributed by atoms with E-state index in [9.17, 15) is 18.7 Å². The molecule has 0 aromatic heterocycles. The quantitative estimate of drug-likeness (QED) is 0.768. The van der Waals surface area contributed by atoms with E-state index in [-0.39, 0.29) is 24.6 Å². The molecular formula is C19H21F2NO3. The highest BCUT2D eigenvalue weighted by molar-refractivity contribution is 5.76. The molecule has 1 amide bonds. The van der Waals surface area contributed by atoms with E-state index in [1.54, 1.807) is 12.1 Å². The second-order valence-electron chi connectivity index (χ2n) is 5.70. The number of nitrogens with one attached hydrogen (secondary N) is 1. The number of halogens is 2. The average Bonchev–Trinajstić information content (AvgIpc) is 2.59. The van der Waals surface area contributed by atoms with Crippen LogP contribution in [0.15, 0.2) is 48.5 Å². The molecule has 0 saturated heterocycles. The van der Waals surface area contributed by atoms with E-state index in [4.69, 9.17) is 0 Å². The Kier molecular flexibility index (Phi) is 6.89. The number of ether oxygens (including phenoxy) is 1. The first kappa shape index (κ1) is 18.9. The van der Waals surface area contributed by atoms with Crippen molar-refractivity contribution in [3.63, 3.8) is 0 Å². The normalized spacial score (nSPS) is 12.0. The van der Waals surface area contributed by atoms with Crippen LogP contribution in [-0.2, 0) is 11.2 Å². The van der Waals surface area contributed by atoms with E-state index in [0.29, 0.717) is 6.42 Å². The van der Waals surface area contributed by atoms with Gasteiger partial charge in [0.2, 0.25) is 5.91 Å². The van der Waals surface area contributed by atoms with Crippen molar-refractivity contribution in [2.24, 2.45) is 0 Å². The Bertz CT molecular complexity index is 689. The number of aliphatic hydroxyl groups is 1. The molecule has 134 valence electrons. The van der Waals surface area contributed by atoms with Crippen molar-refractivity contribution in [2.45, 2.75) is 32.5 Å². The van der Waals surface area contributed by atoms with Gasteiger partial charge >= 0.3 is 6.61 Å². The number of aryl methyl sites for hydroxylation is 2. The number of aliphatic hydroxyl groups excluding tert-OH is 1. The molecule has 2 N–H and O–H groups in total. The first-order chi connectivity index (χ1) is 12.0. The van der Waals surface area contributed by atoms with Crippen molar-refractivity contribution < 1.29 is 23.4 Å². The Hall–Kier alpha value is -2.47. The largest absolute Gasteiger partial charge is 0.435 e. The summed E-state index contributed by atoms with van der Waals surface area (Å²) in [4.78, 5) is 11.9. The van der Waals surface area contributed by atoms with Gasteiger partial charge in [-0.2, -0.15) is 8.78 Å². The number of rotatable bonds is 8. The van der Waals surface area contributed by atoms with Gasteiger partial charge in [-0.1, -0.05) is 36.4 Å². The van der Waals surface area contributed by atoms with Crippen molar-refractivity contribution in [3.8, 4) is 5.75 Å². The van der Waals surface area contributed by atoms with E-state index in [1.165, 1.54) is 12.1 Å². The second kappa shape index (κ2) is 9.13. The Morgan fingerprint density at radius 1 is 1.16 bits per heavy atom. The third kappa shape index (κ3) is 6.15. The van der Waals surface area contributed by atoms with Crippen LogP contribution in [0.3, 0.4) is 0 Å². The highest BCUT2D eigenvalue weighted by Crippen LogP contribution is 2.17. The lowest BCUT2D eigenvalue weighted by Crippen LogP contribution is -2.28. The number of hydrogen-bond donors (Lipinski definition) is 2. The molecule has 0 saturated carbocycles. The topological polar surface area (TPSA) is 58.6 Å². The van der Waals surface area contributed by atoms with Crippen molar-refractivity contribution in [1.82, 2.24) is 5.32 Å². The molecule has 2 aromatic carbocycles. The summed E-state index contributed by atoms with van der Waals surface area (Å²) in [6.45, 7) is -0.802. The lowest BCUT2D eigenvalue weighted by atomic mass is 10.0. The van der Waals surface area contributed by atoms with Crippen LogP contribution in [0.1, 0.15) is 29.2 Å². The van der Waals surface area contributed by atoms with Crippen LogP contribution in [0.2, 0.25) is 0 Å². The van der Waals surface area contributed by atoms with Crippen LogP contribution >= 0.6 is 0 Å². The summed E-state index contributed by atoms with van der Waals surface area (Å²) in [5.41, 5.74) is 2.60. The molecule has 2 rings (SSSR count). The summed E-state index contributed by atoms with van der Waals surface area (Å²) in [7, 11) is 0. The summed E-state index contributed by atoms with van der Waals surface area (Å²) in [5, 5.41) is 12.9. The molecule has 6 heteroatoms. The molecule has 0 spiro atoms. The standard InChI is InChI=1S/C19H21F2NO3/c1-13-4-2-3-5-16(13)17(23)12-22-18(24)11-8-14-6-9-15(10-7-14)25-19(20)21/h2-7,9-10,17,19,23H,8,11-12H2,1H3,(H,22,24). The number of benzene rings is 2. The van der Waals surface area contributed by atoms with E-state index < -0.39 is 12.7 Å². The van der Waals surface area contributed by atoms with Crippen molar-refractivity contribution >= 4 is 5.91 Å². The van der Waals surface area contributed by atoms with Gasteiger partial charge in [0.1, 0.15) is 5.75 Å². The van der Waals surface area contributed by atoms with Crippen molar-refractivity contribution in [2.75, 3.05) is 6.54 Å². The van der Waals surface area contributed by atoms with Crippen LogP contribution in [0.25, 0.3) is 0 Å². The maximum absolute atomic E-state index is 12.1. The van der Waals surface area contributed by atoms with Crippen LogP contribution in [0.5, 0.6) is 5.75 Å². The Morgan fingerprint density at radius 3 is 2.48 bits per heavy atom. The highest BCUT2D eigenvalue weighted by Gasteiger charge is 2.11. The molecule has 0 fully saturated rings. The summed E-state index contributed by atoms with van der Waals surface area (Å²) >= 11 is 0. The minimum absolute atomic E-state index is 0.0876. The summed E-state index contributed by atoms with van der Waals surface area (Å²) in [6, 6.07) is 13.6.